The van der Waals surface area contributed by atoms with Crippen LogP contribution in [0.5, 0.6) is 0 Å². The predicted octanol–water partition coefficient (Wildman–Crippen LogP) is 2.92. The van der Waals surface area contributed by atoms with Gasteiger partial charge in [0.05, 0.1) is 17.2 Å². The Morgan fingerprint density at radius 2 is 1.18 bits per heavy atom. The second kappa shape index (κ2) is 10.9. The summed E-state index contributed by atoms with van der Waals surface area (Å²) in [7, 11) is 0. The van der Waals surface area contributed by atoms with Crippen LogP contribution in [0.1, 0.15) is 17.5 Å². The molecule has 1 fully saturated rings. The molecule has 0 aliphatic heterocycles. The summed E-state index contributed by atoms with van der Waals surface area (Å²) >= 11 is 0. The van der Waals surface area contributed by atoms with E-state index in [4.69, 9.17) is 16.3 Å². The van der Waals surface area contributed by atoms with Crippen LogP contribution in [-0.4, -0.2) is 6.54 Å². The van der Waals surface area contributed by atoms with Gasteiger partial charge < -0.3 is 5.73 Å². The number of allylic oxidation sites excluding steroid dienone is 2. The molecule has 8 heteroatoms. The van der Waals surface area contributed by atoms with Crippen LogP contribution in [0.4, 0.5) is 13.2 Å². The van der Waals surface area contributed by atoms with Crippen molar-refractivity contribution in [2.45, 2.75) is 12.6 Å². The van der Waals surface area contributed by atoms with Crippen molar-refractivity contribution in [3.8, 4) is 24.3 Å². The smallest absolute Gasteiger partial charge is 0.330 e. The molecule has 0 aromatic heterocycles. The highest BCUT2D eigenvalue weighted by atomic mass is 19.4. The number of rotatable bonds is 3. The van der Waals surface area contributed by atoms with Crippen molar-refractivity contribution in [2.24, 2.45) is 5.73 Å². The van der Waals surface area contributed by atoms with Crippen LogP contribution in [0.2, 0.25) is 0 Å². The molecule has 0 unspecified atom stereocenters. The van der Waals surface area contributed by atoms with Gasteiger partial charge in [0.15, 0.2) is 0 Å². The van der Waals surface area contributed by atoms with Gasteiger partial charge in [0.1, 0.15) is 23.8 Å². The number of halogens is 3. The second-order valence-electron chi connectivity index (χ2n) is 8.57. The van der Waals surface area contributed by atoms with Gasteiger partial charge in [0.2, 0.25) is 0 Å². The van der Waals surface area contributed by atoms with E-state index in [1.165, 1.54) is 12.1 Å². The van der Waals surface area contributed by atoms with Crippen molar-refractivity contribution in [1.29, 1.82) is 21.0 Å². The summed E-state index contributed by atoms with van der Waals surface area (Å²) in [5.41, 5.74) is 7.92. The summed E-state index contributed by atoms with van der Waals surface area (Å²) in [6.07, 6.45) is -4.07. The number of nitrogens with zero attached hydrogens (tertiary/aromatic N) is 4. The fourth-order valence-electron chi connectivity index (χ4n) is 4.31. The molecule has 0 radical (unpaired) electrons. The van der Waals surface area contributed by atoms with Crippen molar-refractivity contribution in [3.63, 3.8) is 0 Å². The number of nitrogens with two attached hydrogens (primary N) is 1. The van der Waals surface area contributed by atoms with E-state index in [9.17, 15) is 23.7 Å². The zero-order valence-electron chi connectivity index (χ0n) is 20.3. The average Bonchev–Trinajstić information content (AvgIpc) is 3.68. The van der Waals surface area contributed by atoms with Crippen LogP contribution >= 0.6 is 0 Å². The van der Waals surface area contributed by atoms with Crippen LogP contribution in [0.25, 0.3) is 27.9 Å². The molecular weight excluding hydrogens is 499 g/mol. The van der Waals surface area contributed by atoms with Gasteiger partial charge in [-0.1, -0.05) is 60.7 Å². The summed E-state index contributed by atoms with van der Waals surface area (Å²) < 4.78 is 39.3. The first-order chi connectivity index (χ1) is 18.8. The fraction of sp³-hybridized carbons (Fsp3) is 0.0968. The third-order valence-corrected chi connectivity index (χ3v) is 6.29. The van der Waals surface area contributed by atoms with Crippen molar-refractivity contribution in [3.05, 3.63) is 110 Å². The van der Waals surface area contributed by atoms with E-state index in [2.05, 4.69) is 12.1 Å². The molecule has 1 aliphatic carbocycles. The van der Waals surface area contributed by atoms with E-state index < -0.39 is 11.7 Å². The zero-order valence-corrected chi connectivity index (χ0v) is 20.3. The lowest BCUT2D eigenvalue weighted by atomic mass is 10.0. The lowest BCUT2D eigenvalue weighted by Crippen LogP contribution is -2.12. The molecule has 39 heavy (non-hydrogen) atoms. The maximum atomic E-state index is 13.1. The normalized spacial score (nSPS) is 13.4. The van der Waals surface area contributed by atoms with E-state index in [-0.39, 0.29) is 11.1 Å². The molecule has 0 saturated heterocycles. The first-order valence-electron chi connectivity index (χ1n) is 11.7. The molecule has 3 aromatic rings. The predicted molar refractivity (Wildman–Crippen MR) is 140 cm³/mol. The number of hydrogen-bond acceptors (Lipinski definition) is 5. The van der Waals surface area contributed by atoms with Crippen molar-refractivity contribution in [1.82, 2.24) is 0 Å². The molecule has 2 N–H and O–H groups in total. The molecule has 1 saturated carbocycles. The van der Waals surface area contributed by atoms with Crippen molar-refractivity contribution < 1.29 is 13.2 Å². The van der Waals surface area contributed by atoms with E-state index >= 15 is 0 Å². The van der Waals surface area contributed by atoms with Gasteiger partial charge in [0.25, 0.3) is 0 Å². The lowest BCUT2D eigenvalue weighted by molar-refractivity contribution is -0.137. The third kappa shape index (κ3) is 5.34. The summed E-state index contributed by atoms with van der Waals surface area (Å²) in [5, 5.41) is 40.4. The summed E-state index contributed by atoms with van der Waals surface area (Å²) in [4.78, 5) is 0. The summed E-state index contributed by atoms with van der Waals surface area (Å²) in [6, 6.07) is 26.4. The van der Waals surface area contributed by atoms with Crippen LogP contribution in [-0.2, 0) is 6.18 Å². The van der Waals surface area contributed by atoms with Gasteiger partial charge in [-0.3, -0.25) is 0 Å². The quantitative estimate of drug-likeness (QED) is 0.536. The molecule has 4 rings (SSSR count). The van der Waals surface area contributed by atoms with Gasteiger partial charge in [-0.15, -0.1) is 0 Å². The Kier molecular flexibility index (Phi) is 7.46. The Morgan fingerprint density at radius 1 is 0.667 bits per heavy atom. The fourth-order valence-corrected chi connectivity index (χ4v) is 4.31. The van der Waals surface area contributed by atoms with E-state index in [1.807, 2.05) is 24.3 Å². The third-order valence-electron chi connectivity index (χ3n) is 6.29. The lowest BCUT2D eigenvalue weighted by Gasteiger charge is -2.06. The van der Waals surface area contributed by atoms with E-state index in [0.717, 1.165) is 38.9 Å². The summed E-state index contributed by atoms with van der Waals surface area (Å²) in [5.74, 6) is 0. The van der Waals surface area contributed by atoms with Gasteiger partial charge in [-0.05, 0) is 57.5 Å². The van der Waals surface area contributed by atoms with Gasteiger partial charge in [0, 0.05) is 16.4 Å². The maximum absolute atomic E-state index is 13.1. The Hall–Kier alpha value is -5.41. The van der Waals surface area contributed by atoms with E-state index in [1.54, 1.807) is 36.4 Å². The molecule has 1 aliphatic rings. The Labute approximate surface area is 221 Å². The first-order valence-corrected chi connectivity index (χ1v) is 11.7. The molecule has 0 bridgehead atoms. The van der Waals surface area contributed by atoms with Crippen LogP contribution < -0.4 is 26.6 Å². The number of hydrogen-bond donors (Lipinski definition) is 1. The molecule has 188 valence electrons. The standard InChI is InChI=1S/C31H18F3N5/c32-31(33,34)26-11-9-21(10-12-26)27(18-39)30-28(22-5-1-19(2-6-22)24(15-36)13-14-35)29(30)23-7-3-20(4-8-23)25(16-37)17-38/h1-12H,13-14,35H2/b24-19?,28-22?,30-27+. The average molecular weight is 518 g/mol. The topological polar surface area (TPSA) is 121 Å². The van der Waals surface area contributed by atoms with Crippen LogP contribution in [0, 0.1) is 45.3 Å². The molecular formula is C31H18F3N5. The molecule has 3 aromatic carbocycles. The number of nitriles is 4. The monoisotopic (exact) mass is 517 g/mol. The van der Waals surface area contributed by atoms with Crippen LogP contribution in [0.3, 0.4) is 0 Å². The van der Waals surface area contributed by atoms with Gasteiger partial charge in [-0.2, -0.15) is 34.2 Å². The molecule has 5 nitrogen and oxygen atoms in total. The maximum Gasteiger partial charge on any atom is 0.416 e. The molecule has 0 amide bonds. The zero-order chi connectivity index (χ0) is 28.2. The van der Waals surface area contributed by atoms with Crippen LogP contribution in [0.15, 0.2) is 78.4 Å². The highest BCUT2D eigenvalue weighted by molar-refractivity contribution is 6.33. The van der Waals surface area contributed by atoms with Crippen molar-refractivity contribution >= 4 is 27.9 Å². The molecule has 0 spiro atoms. The largest absolute Gasteiger partial charge is 0.416 e. The Bertz CT molecular complexity index is 1870. The highest BCUT2D eigenvalue weighted by Gasteiger charge is 2.36. The summed E-state index contributed by atoms with van der Waals surface area (Å²) in [6.45, 7) is 0.332. The SMILES string of the molecule is N#CC(C#N)=c1ccc(=C2C(=c3ccc(=C(C#N)CCN)cc3)/C2=C(/C#N)c2ccc(C(F)(F)F)cc2)cc1. The van der Waals surface area contributed by atoms with E-state index in [0.29, 0.717) is 34.9 Å². The van der Waals surface area contributed by atoms with Crippen molar-refractivity contribution in [2.75, 3.05) is 6.54 Å². The second-order valence-corrected chi connectivity index (χ2v) is 8.57. The number of alkyl halides is 3. The van der Waals surface area contributed by atoms with Gasteiger partial charge in [-0.25, -0.2) is 0 Å². The minimum atomic E-state index is -4.50. The Balaban J connectivity index is 2.01. The number of benzene rings is 3. The Morgan fingerprint density at radius 3 is 1.59 bits per heavy atom. The van der Waals surface area contributed by atoms with Gasteiger partial charge >= 0.3 is 6.18 Å². The minimum absolute atomic E-state index is 0.0394. The highest BCUT2D eigenvalue weighted by Crippen LogP contribution is 2.50. The first kappa shape index (κ1) is 26.6. The minimum Gasteiger partial charge on any atom is -0.330 e. The molecule has 0 atom stereocenters. The molecule has 0 heterocycles.